The van der Waals surface area contributed by atoms with Gasteiger partial charge in [0.05, 0.1) is 6.73 Å². The zero-order chi connectivity index (χ0) is 9.80. The van der Waals surface area contributed by atoms with E-state index in [1.54, 1.807) is 0 Å². The number of aryl methyl sites for hydroxylation is 1. The first-order valence-corrected chi connectivity index (χ1v) is 5.20. The minimum Gasteiger partial charge on any atom is -0.366 e. The third-order valence-electron chi connectivity index (χ3n) is 2.56. The highest BCUT2D eigenvalue weighted by molar-refractivity contribution is 5.21. The molecule has 1 aromatic carbocycles. The molecule has 1 aliphatic heterocycles. The molecule has 2 heteroatoms. The number of hydrogen-bond acceptors (Lipinski definition) is 2. The largest absolute Gasteiger partial charge is 0.366 e. The van der Waals surface area contributed by atoms with Gasteiger partial charge in [-0.1, -0.05) is 29.8 Å². The highest BCUT2D eigenvalue weighted by Gasteiger charge is 2.09. The molecule has 14 heavy (non-hydrogen) atoms. The van der Waals surface area contributed by atoms with Crippen molar-refractivity contribution in [3.8, 4) is 0 Å². The molecule has 0 aliphatic carbocycles. The van der Waals surface area contributed by atoms with Crippen molar-refractivity contribution < 1.29 is 4.74 Å². The van der Waals surface area contributed by atoms with Crippen LogP contribution < -0.4 is 0 Å². The number of nitrogens with zero attached hydrogens (tertiary/aromatic N) is 1. The highest BCUT2D eigenvalue weighted by Crippen LogP contribution is 2.09. The van der Waals surface area contributed by atoms with Crippen LogP contribution >= 0.6 is 0 Å². The maximum absolute atomic E-state index is 5.40. The van der Waals surface area contributed by atoms with Crippen molar-refractivity contribution in [3.05, 3.63) is 35.4 Å². The van der Waals surface area contributed by atoms with E-state index in [1.807, 2.05) is 0 Å². The molecular formula is C12H17NO. The molecule has 0 spiro atoms. The summed E-state index contributed by atoms with van der Waals surface area (Å²) in [5.41, 5.74) is 2.70. The van der Waals surface area contributed by atoms with E-state index in [2.05, 4.69) is 36.1 Å². The van der Waals surface area contributed by atoms with Crippen LogP contribution in [0.3, 0.4) is 0 Å². The molecule has 0 radical (unpaired) electrons. The lowest BCUT2D eigenvalue weighted by molar-refractivity contribution is -0.0176. The van der Waals surface area contributed by atoms with E-state index in [1.165, 1.54) is 11.1 Å². The molecular weight excluding hydrogens is 174 g/mol. The minimum atomic E-state index is 0.786. The third kappa shape index (κ3) is 2.56. The molecule has 0 bridgehead atoms. The zero-order valence-electron chi connectivity index (χ0n) is 8.70. The zero-order valence-corrected chi connectivity index (χ0v) is 8.70. The molecule has 1 heterocycles. The first-order valence-electron chi connectivity index (χ1n) is 5.20. The first-order chi connectivity index (χ1) is 6.84. The Morgan fingerprint density at radius 2 is 2.07 bits per heavy atom. The summed E-state index contributed by atoms with van der Waals surface area (Å²) in [5, 5.41) is 0. The molecule has 76 valence electrons. The summed E-state index contributed by atoms with van der Waals surface area (Å²) in [6, 6.07) is 8.73. The molecule has 0 amide bonds. The van der Waals surface area contributed by atoms with Gasteiger partial charge in [0, 0.05) is 19.7 Å². The minimum absolute atomic E-state index is 0.786. The van der Waals surface area contributed by atoms with Crippen molar-refractivity contribution in [1.29, 1.82) is 0 Å². The second-order valence-corrected chi connectivity index (χ2v) is 3.93. The monoisotopic (exact) mass is 191 g/mol. The molecule has 1 aliphatic rings. The van der Waals surface area contributed by atoms with Crippen molar-refractivity contribution in [1.82, 2.24) is 4.90 Å². The summed E-state index contributed by atoms with van der Waals surface area (Å²) in [5.74, 6) is 0. The fourth-order valence-corrected chi connectivity index (χ4v) is 1.72. The van der Waals surface area contributed by atoms with Gasteiger partial charge in [0.1, 0.15) is 0 Å². The molecule has 0 saturated carbocycles. The van der Waals surface area contributed by atoms with E-state index in [9.17, 15) is 0 Å². The summed E-state index contributed by atoms with van der Waals surface area (Å²) in [6.07, 6.45) is 1.16. The molecule has 0 N–H and O–H groups in total. The second-order valence-electron chi connectivity index (χ2n) is 3.93. The number of ether oxygens (including phenoxy) is 1. The normalized spacial score (nSPS) is 18.4. The van der Waals surface area contributed by atoms with Gasteiger partial charge >= 0.3 is 0 Å². The Kier molecular flexibility index (Phi) is 3.17. The van der Waals surface area contributed by atoms with Gasteiger partial charge in [-0.15, -0.1) is 0 Å². The lowest BCUT2D eigenvalue weighted by Gasteiger charge is -2.26. The van der Waals surface area contributed by atoms with Gasteiger partial charge in [-0.25, -0.2) is 0 Å². The van der Waals surface area contributed by atoms with Crippen molar-refractivity contribution in [2.45, 2.75) is 19.9 Å². The SMILES string of the molecule is Cc1ccc(CN2CCCOC2)cc1. The Morgan fingerprint density at radius 1 is 1.29 bits per heavy atom. The van der Waals surface area contributed by atoms with E-state index in [-0.39, 0.29) is 0 Å². The Bertz CT molecular complexity index is 275. The van der Waals surface area contributed by atoms with Crippen molar-refractivity contribution in [3.63, 3.8) is 0 Å². The summed E-state index contributed by atoms with van der Waals surface area (Å²) >= 11 is 0. The molecule has 1 fully saturated rings. The van der Waals surface area contributed by atoms with Crippen LogP contribution in [-0.4, -0.2) is 24.8 Å². The standard InChI is InChI=1S/C12H17NO/c1-11-3-5-12(6-4-11)9-13-7-2-8-14-10-13/h3-6H,2,7-10H2,1H3. The number of benzene rings is 1. The van der Waals surface area contributed by atoms with Crippen LogP contribution in [0.2, 0.25) is 0 Å². The maximum atomic E-state index is 5.40. The summed E-state index contributed by atoms with van der Waals surface area (Å²) in [7, 11) is 0. The van der Waals surface area contributed by atoms with E-state index in [0.29, 0.717) is 0 Å². The quantitative estimate of drug-likeness (QED) is 0.710. The molecule has 2 nitrogen and oxygen atoms in total. The number of rotatable bonds is 2. The van der Waals surface area contributed by atoms with Crippen molar-refractivity contribution >= 4 is 0 Å². The topological polar surface area (TPSA) is 12.5 Å². The highest BCUT2D eigenvalue weighted by atomic mass is 16.5. The van der Waals surface area contributed by atoms with E-state index in [0.717, 1.165) is 32.8 Å². The third-order valence-corrected chi connectivity index (χ3v) is 2.56. The molecule has 2 rings (SSSR count). The van der Waals surface area contributed by atoms with Gasteiger partial charge in [0.15, 0.2) is 0 Å². The Labute approximate surface area is 85.5 Å². The molecule has 1 saturated heterocycles. The van der Waals surface area contributed by atoms with Crippen LogP contribution in [-0.2, 0) is 11.3 Å². The fourth-order valence-electron chi connectivity index (χ4n) is 1.72. The predicted molar refractivity (Wildman–Crippen MR) is 57.0 cm³/mol. The van der Waals surface area contributed by atoms with Crippen LogP contribution in [0.5, 0.6) is 0 Å². The molecule has 0 aromatic heterocycles. The summed E-state index contributed by atoms with van der Waals surface area (Å²) in [4.78, 5) is 2.34. The number of hydrogen-bond donors (Lipinski definition) is 0. The van der Waals surface area contributed by atoms with Gasteiger partial charge in [-0.05, 0) is 18.9 Å². The lowest BCUT2D eigenvalue weighted by Crippen LogP contribution is -2.32. The maximum Gasteiger partial charge on any atom is 0.0993 e. The van der Waals surface area contributed by atoms with Gasteiger partial charge in [0.25, 0.3) is 0 Å². The fraction of sp³-hybridized carbons (Fsp3) is 0.500. The second kappa shape index (κ2) is 4.58. The van der Waals surface area contributed by atoms with Gasteiger partial charge in [0.2, 0.25) is 0 Å². The van der Waals surface area contributed by atoms with Gasteiger partial charge in [-0.2, -0.15) is 0 Å². The molecule has 1 aromatic rings. The smallest absolute Gasteiger partial charge is 0.0993 e. The van der Waals surface area contributed by atoms with Crippen LogP contribution in [0, 0.1) is 6.92 Å². The molecule has 0 atom stereocenters. The Hall–Kier alpha value is -0.860. The predicted octanol–water partition coefficient (Wildman–Crippen LogP) is 2.17. The lowest BCUT2D eigenvalue weighted by atomic mass is 10.1. The van der Waals surface area contributed by atoms with Crippen molar-refractivity contribution in [2.24, 2.45) is 0 Å². The molecule has 0 unspecified atom stereocenters. The van der Waals surface area contributed by atoms with Crippen LogP contribution in [0.15, 0.2) is 24.3 Å². The van der Waals surface area contributed by atoms with Crippen LogP contribution in [0.1, 0.15) is 17.5 Å². The summed E-state index contributed by atoms with van der Waals surface area (Å²) in [6.45, 7) is 6.00. The first kappa shape index (κ1) is 9.69. The Balaban J connectivity index is 1.92. The van der Waals surface area contributed by atoms with E-state index in [4.69, 9.17) is 4.74 Å². The Morgan fingerprint density at radius 3 is 2.71 bits per heavy atom. The van der Waals surface area contributed by atoms with Gasteiger partial charge in [-0.3, -0.25) is 4.90 Å². The van der Waals surface area contributed by atoms with E-state index >= 15 is 0 Å². The van der Waals surface area contributed by atoms with Crippen LogP contribution in [0.4, 0.5) is 0 Å². The average Bonchev–Trinajstić information content (AvgIpc) is 2.23. The van der Waals surface area contributed by atoms with Crippen molar-refractivity contribution in [2.75, 3.05) is 19.9 Å². The van der Waals surface area contributed by atoms with Crippen LogP contribution in [0.25, 0.3) is 0 Å². The average molecular weight is 191 g/mol. The van der Waals surface area contributed by atoms with E-state index < -0.39 is 0 Å². The van der Waals surface area contributed by atoms with Gasteiger partial charge < -0.3 is 4.74 Å². The summed E-state index contributed by atoms with van der Waals surface area (Å²) < 4.78 is 5.40.